The largest absolute Gasteiger partial charge is 0.490 e. The zero-order chi connectivity index (χ0) is 33.8. The number of amides is 1. The van der Waals surface area contributed by atoms with Gasteiger partial charge in [-0.3, -0.25) is 9.78 Å². The van der Waals surface area contributed by atoms with Gasteiger partial charge in [0.2, 0.25) is 10.0 Å². The fourth-order valence-corrected chi connectivity index (χ4v) is 9.68. The van der Waals surface area contributed by atoms with E-state index in [1.807, 2.05) is 12.1 Å². The smallest absolute Gasteiger partial charge is 0.264 e. The molecular weight excluding hydrogens is 653 g/mol. The second kappa shape index (κ2) is 12.4. The van der Waals surface area contributed by atoms with Gasteiger partial charge in [-0.2, -0.15) is 0 Å². The molecule has 1 aromatic heterocycles. The summed E-state index contributed by atoms with van der Waals surface area (Å²) in [6.45, 7) is 4.83. The summed E-state index contributed by atoms with van der Waals surface area (Å²) >= 11 is 6.42. The normalized spacial score (nSPS) is 32.1. The minimum Gasteiger partial charge on any atom is -0.490 e. The lowest BCUT2D eigenvalue weighted by Gasteiger charge is -2.49. The number of aryl methyl sites for hydroxylation is 1. The molecule has 2 bridgehead atoms. The van der Waals surface area contributed by atoms with Crippen molar-refractivity contribution >= 4 is 33.2 Å². The van der Waals surface area contributed by atoms with Crippen molar-refractivity contribution < 1.29 is 27.4 Å². The standard InChI is InChI=1S/C37H41ClFN3O5S/c1-23-6-3-16-37(44,34-31(39)8-5-17-40-34)30-12-9-27(30)20-42-21-36(15-4-7-25-18-28(38)11-13-29(25)36)22-47-33-14-10-26(19-32(33)42)35(43)41-48(45,46)24(23)2/h3,5,8,10-11,13-14,16-19,23-24,27,30,44H,4,6-7,9,12,15,20-22H2,1-2H3,(H,41,43)/b16-3+/t23-,24+,27-,30+,36-,37+/m0/s1. The van der Waals surface area contributed by atoms with E-state index >= 15 is 4.39 Å². The van der Waals surface area contributed by atoms with E-state index < -0.39 is 38.5 Å². The maximum Gasteiger partial charge on any atom is 0.264 e. The second-order valence-electron chi connectivity index (χ2n) is 14.2. The quantitative estimate of drug-likeness (QED) is 0.288. The van der Waals surface area contributed by atoms with Gasteiger partial charge in [-0.05, 0) is 111 Å². The molecule has 2 aliphatic carbocycles. The zero-order valence-corrected chi connectivity index (χ0v) is 28.7. The Balaban J connectivity index is 1.36. The predicted molar refractivity (Wildman–Crippen MR) is 183 cm³/mol. The van der Waals surface area contributed by atoms with E-state index in [0.717, 1.165) is 25.7 Å². The number of hydrogen-bond donors (Lipinski definition) is 2. The van der Waals surface area contributed by atoms with E-state index in [9.17, 15) is 18.3 Å². The van der Waals surface area contributed by atoms with Gasteiger partial charge in [0.05, 0.1) is 17.5 Å². The number of nitrogens with one attached hydrogen (secondary N) is 1. The van der Waals surface area contributed by atoms with Crippen molar-refractivity contribution in [3.63, 3.8) is 0 Å². The highest BCUT2D eigenvalue weighted by Gasteiger charge is 2.50. The Bertz CT molecular complexity index is 1890. The molecule has 3 aromatic rings. The van der Waals surface area contributed by atoms with Gasteiger partial charge in [0.1, 0.15) is 22.9 Å². The highest BCUT2D eigenvalue weighted by atomic mass is 35.5. The summed E-state index contributed by atoms with van der Waals surface area (Å²) < 4.78 is 51.0. The number of fused-ring (bicyclic) bond motifs is 4. The molecule has 7 rings (SSSR count). The molecule has 0 unspecified atom stereocenters. The van der Waals surface area contributed by atoms with Gasteiger partial charge < -0.3 is 14.7 Å². The summed E-state index contributed by atoms with van der Waals surface area (Å²) in [5.74, 6) is -1.50. The van der Waals surface area contributed by atoms with Crippen LogP contribution in [0.15, 0.2) is 66.9 Å². The number of rotatable bonds is 1. The van der Waals surface area contributed by atoms with Gasteiger partial charge in [0, 0.05) is 41.2 Å². The van der Waals surface area contributed by atoms with Gasteiger partial charge in [-0.1, -0.05) is 36.7 Å². The van der Waals surface area contributed by atoms with Gasteiger partial charge in [-0.25, -0.2) is 17.5 Å². The van der Waals surface area contributed by atoms with Gasteiger partial charge in [0.15, 0.2) is 0 Å². The van der Waals surface area contributed by atoms with Crippen LogP contribution >= 0.6 is 11.6 Å². The van der Waals surface area contributed by atoms with Crippen LogP contribution in [0.25, 0.3) is 0 Å². The summed E-state index contributed by atoms with van der Waals surface area (Å²) in [5, 5.41) is 12.2. The van der Waals surface area contributed by atoms with Crippen molar-refractivity contribution in [2.45, 2.75) is 68.6 Å². The molecule has 1 fully saturated rings. The van der Waals surface area contributed by atoms with Gasteiger partial charge >= 0.3 is 0 Å². The Morgan fingerprint density at radius 2 is 1.98 bits per heavy atom. The van der Waals surface area contributed by atoms with E-state index in [1.165, 1.54) is 29.5 Å². The summed E-state index contributed by atoms with van der Waals surface area (Å²) in [7, 11) is -4.06. The van der Waals surface area contributed by atoms with Crippen molar-refractivity contribution in [1.82, 2.24) is 9.71 Å². The maximum absolute atomic E-state index is 15.4. The first-order valence-corrected chi connectivity index (χ1v) is 18.7. The number of nitrogens with zero attached hydrogens (tertiary/aromatic N) is 2. The second-order valence-corrected chi connectivity index (χ2v) is 16.7. The molecule has 0 radical (unpaired) electrons. The molecule has 1 saturated carbocycles. The molecule has 3 heterocycles. The van der Waals surface area contributed by atoms with Crippen molar-refractivity contribution in [1.29, 1.82) is 0 Å². The fraction of sp³-hybridized carbons (Fsp3) is 0.459. The average Bonchev–Trinajstić information content (AvgIpc) is 3.18. The number of benzene rings is 2. The summed E-state index contributed by atoms with van der Waals surface area (Å²) in [5.41, 5.74) is 1.15. The van der Waals surface area contributed by atoms with Crippen molar-refractivity contribution in [2.24, 2.45) is 17.8 Å². The zero-order valence-electron chi connectivity index (χ0n) is 27.2. The van der Waals surface area contributed by atoms with Crippen LogP contribution in [0.1, 0.15) is 73.1 Å². The molecule has 2 aromatic carbocycles. The van der Waals surface area contributed by atoms with Crippen LogP contribution in [0.4, 0.5) is 10.1 Å². The molecule has 4 aliphatic rings. The third kappa shape index (κ3) is 5.79. The number of aromatic nitrogens is 1. The molecule has 6 atom stereocenters. The minimum absolute atomic E-state index is 0.0332. The summed E-state index contributed by atoms with van der Waals surface area (Å²) in [6.07, 6.45) is 9.34. The number of aliphatic hydroxyl groups is 1. The molecular formula is C37H41ClFN3O5S. The molecule has 8 nitrogen and oxygen atoms in total. The Labute approximate surface area is 286 Å². The molecule has 2 N–H and O–H groups in total. The first-order chi connectivity index (χ1) is 22.9. The first kappa shape index (κ1) is 33.0. The third-order valence-corrected chi connectivity index (χ3v) is 13.4. The number of allylic oxidation sites excluding steroid dienone is 1. The van der Waals surface area contributed by atoms with Crippen molar-refractivity contribution in [3.05, 3.63) is 100 Å². The number of hydrogen-bond acceptors (Lipinski definition) is 7. The highest BCUT2D eigenvalue weighted by molar-refractivity contribution is 7.90. The van der Waals surface area contributed by atoms with E-state index in [1.54, 1.807) is 44.2 Å². The van der Waals surface area contributed by atoms with Crippen LogP contribution in [0.3, 0.4) is 0 Å². The number of sulfonamides is 1. The number of halogens is 2. The third-order valence-electron chi connectivity index (χ3n) is 11.3. The summed E-state index contributed by atoms with van der Waals surface area (Å²) in [6, 6.07) is 13.9. The van der Waals surface area contributed by atoms with E-state index in [0.29, 0.717) is 49.0 Å². The van der Waals surface area contributed by atoms with Crippen LogP contribution in [0.5, 0.6) is 5.75 Å². The number of anilines is 1. The molecule has 11 heteroatoms. The van der Waals surface area contributed by atoms with Crippen LogP contribution in [0, 0.1) is 23.6 Å². The van der Waals surface area contributed by atoms with Crippen LogP contribution < -0.4 is 14.4 Å². The Morgan fingerprint density at radius 1 is 1.15 bits per heavy atom. The minimum atomic E-state index is -4.06. The van der Waals surface area contributed by atoms with Gasteiger partial charge in [0.25, 0.3) is 5.91 Å². The molecule has 1 spiro atoms. The van der Waals surface area contributed by atoms with E-state index in [-0.39, 0.29) is 28.5 Å². The highest BCUT2D eigenvalue weighted by Crippen LogP contribution is 2.50. The fourth-order valence-electron chi connectivity index (χ4n) is 8.20. The lowest BCUT2D eigenvalue weighted by molar-refractivity contribution is -0.0552. The average molecular weight is 694 g/mol. The Kier molecular flexibility index (Phi) is 8.57. The van der Waals surface area contributed by atoms with Crippen LogP contribution in [-0.4, -0.2) is 49.4 Å². The number of pyridine rings is 1. The summed E-state index contributed by atoms with van der Waals surface area (Å²) in [4.78, 5) is 20.0. The maximum atomic E-state index is 15.4. The SMILES string of the molecule is C[C@@H]1[C@@H](C)C/C=C/[C@](O)(c2ncccc2F)[C@@H]2CC[C@H]2CN2C[C@@]3(CCCc4cc(Cl)ccc43)COc3ccc(cc32)C(=O)NS1(=O)=O. The number of ether oxygens (including phenoxy) is 1. The topological polar surface area (TPSA) is 109 Å². The van der Waals surface area contributed by atoms with E-state index in [4.69, 9.17) is 16.3 Å². The predicted octanol–water partition coefficient (Wildman–Crippen LogP) is 6.31. The number of carbonyl (C=O) groups excluding carboxylic acids is 1. The number of carbonyl (C=O) groups is 1. The molecule has 2 aliphatic heterocycles. The lowest BCUT2D eigenvalue weighted by Crippen LogP contribution is -2.52. The van der Waals surface area contributed by atoms with Crippen LogP contribution in [0.2, 0.25) is 5.02 Å². The Morgan fingerprint density at radius 3 is 2.75 bits per heavy atom. The lowest BCUT2D eigenvalue weighted by atomic mass is 9.63. The molecule has 48 heavy (non-hydrogen) atoms. The van der Waals surface area contributed by atoms with Gasteiger partial charge in [-0.15, -0.1) is 0 Å². The Hall–Kier alpha value is -3.47. The molecule has 0 saturated heterocycles. The van der Waals surface area contributed by atoms with E-state index in [2.05, 4.69) is 20.7 Å². The molecule has 1 amide bonds. The van der Waals surface area contributed by atoms with Crippen LogP contribution in [-0.2, 0) is 27.5 Å². The first-order valence-electron chi connectivity index (χ1n) is 16.8. The monoisotopic (exact) mass is 693 g/mol. The molecule has 254 valence electrons. The van der Waals surface area contributed by atoms with Crippen molar-refractivity contribution in [2.75, 3.05) is 24.6 Å². The van der Waals surface area contributed by atoms with Crippen molar-refractivity contribution in [3.8, 4) is 5.75 Å².